The van der Waals surface area contributed by atoms with Gasteiger partial charge in [0.2, 0.25) is 0 Å². The Morgan fingerprint density at radius 3 is 1.51 bits per heavy atom. The molecule has 15 rings (SSSR count). The SMILES string of the molecule is OCc1ccc2[nH]cc(C3CN4CCC3CC4)c2c1.OCc1ccc2c(C3CN4CCC3CC4)c[nH]c2c1.OCc1cccc2[nH]cc(C3CN4CCC3CC4)c12. The summed E-state index contributed by atoms with van der Waals surface area (Å²) in [7, 11) is 0. The molecule has 0 saturated carbocycles. The van der Waals surface area contributed by atoms with Crippen LogP contribution in [0.4, 0.5) is 0 Å². The maximum atomic E-state index is 9.58. The molecule has 9 heteroatoms. The van der Waals surface area contributed by atoms with E-state index in [1.54, 1.807) is 0 Å². The molecule has 0 radical (unpaired) electrons. The highest BCUT2D eigenvalue weighted by Crippen LogP contribution is 2.44. The molecule has 9 aliphatic heterocycles. The normalized spacial score (nSPS) is 30.1. The fourth-order valence-corrected chi connectivity index (χ4v) is 11.9. The van der Waals surface area contributed by atoms with Crippen molar-refractivity contribution in [1.82, 2.24) is 29.7 Å². The Hall–Kier alpha value is -3.96. The lowest BCUT2D eigenvalue weighted by Crippen LogP contribution is -2.46. The van der Waals surface area contributed by atoms with Crippen molar-refractivity contribution in [3.05, 3.63) is 107 Å². The minimum absolute atomic E-state index is 0.115. The van der Waals surface area contributed by atoms with E-state index in [0.29, 0.717) is 17.8 Å². The van der Waals surface area contributed by atoms with E-state index >= 15 is 0 Å². The summed E-state index contributed by atoms with van der Waals surface area (Å²) in [5.41, 5.74) is 10.9. The van der Waals surface area contributed by atoms with E-state index in [9.17, 15) is 15.3 Å². The van der Waals surface area contributed by atoms with E-state index in [2.05, 4.69) is 78.6 Å². The van der Waals surface area contributed by atoms with Gasteiger partial charge in [-0.3, -0.25) is 0 Å². The van der Waals surface area contributed by atoms with Gasteiger partial charge in [-0.25, -0.2) is 0 Å². The van der Waals surface area contributed by atoms with Crippen LogP contribution in [0, 0.1) is 17.8 Å². The number of H-pyrrole nitrogens is 3. The topological polar surface area (TPSA) is 118 Å². The number of nitrogens with zero attached hydrogens (tertiary/aromatic N) is 3. The van der Waals surface area contributed by atoms with Crippen LogP contribution in [0.5, 0.6) is 0 Å². The van der Waals surface area contributed by atoms with Crippen LogP contribution in [-0.4, -0.2) is 104 Å². The summed E-state index contributed by atoms with van der Waals surface area (Å²) < 4.78 is 0. The van der Waals surface area contributed by atoms with Crippen molar-refractivity contribution in [2.45, 2.75) is 76.1 Å². The fourth-order valence-electron chi connectivity index (χ4n) is 11.9. The van der Waals surface area contributed by atoms with Gasteiger partial charge in [-0.15, -0.1) is 0 Å². The highest BCUT2D eigenvalue weighted by atomic mass is 16.3. The Morgan fingerprint density at radius 1 is 0.474 bits per heavy atom. The van der Waals surface area contributed by atoms with Gasteiger partial charge in [0, 0.05) is 88.7 Å². The van der Waals surface area contributed by atoms with Crippen molar-refractivity contribution in [3.8, 4) is 0 Å². The van der Waals surface area contributed by atoms with Crippen LogP contribution in [0.3, 0.4) is 0 Å². The molecule has 9 fully saturated rings. The lowest BCUT2D eigenvalue weighted by atomic mass is 9.75. The van der Waals surface area contributed by atoms with Gasteiger partial charge >= 0.3 is 0 Å². The van der Waals surface area contributed by atoms with Crippen molar-refractivity contribution in [2.75, 3.05) is 58.9 Å². The first-order valence-corrected chi connectivity index (χ1v) is 21.8. The third-order valence-electron chi connectivity index (χ3n) is 15.1. The summed E-state index contributed by atoms with van der Waals surface area (Å²) in [6, 6.07) is 18.7. The fraction of sp³-hybridized carbons (Fsp3) is 0.500. The maximum Gasteiger partial charge on any atom is 0.0688 e. The van der Waals surface area contributed by atoms with E-state index in [0.717, 1.165) is 45.5 Å². The molecular formula is C48H60N6O3. The van der Waals surface area contributed by atoms with Gasteiger partial charge in [0.15, 0.2) is 0 Å². The Labute approximate surface area is 336 Å². The van der Waals surface area contributed by atoms with Gasteiger partial charge in [-0.05, 0) is 153 Å². The number of aliphatic hydroxyl groups excluding tert-OH is 3. The number of rotatable bonds is 6. The first-order chi connectivity index (χ1) is 28.1. The molecule has 3 unspecified atom stereocenters. The summed E-state index contributed by atoms with van der Waals surface area (Å²) in [5, 5.41) is 32.0. The summed E-state index contributed by atoms with van der Waals surface area (Å²) in [4.78, 5) is 18.0. The number of fused-ring (bicyclic) bond motifs is 12. The van der Waals surface area contributed by atoms with Gasteiger partial charge in [0.1, 0.15) is 0 Å². The molecule has 12 heterocycles. The Balaban J connectivity index is 0.000000104. The lowest BCUT2D eigenvalue weighted by molar-refractivity contribution is 0.0876. The third kappa shape index (κ3) is 7.15. The number of nitrogens with one attached hydrogen (secondary N) is 3. The van der Waals surface area contributed by atoms with Crippen LogP contribution in [0.2, 0.25) is 0 Å². The van der Waals surface area contributed by atoms with Crippen molar-refractivity contribution in [3.63, 3.8) is 0 Å². The number of piperidine rings is 9. The summed E-state index contributed by atoms with van der Waals surface area (Å²) >= 11 is 0. The molecule has 0 amide bonds. The van der Waals surface area contributed by atoms with Crippen LogP contribution < -0.4 is 0 Å². The third-order valence-corrected chi connectivity index (χ3v) is 15.1. The zero-order valence-corrected chi connectivity index (χ0v) is 33.3. The van der Waals surface area contributed by atoms with E-state index in [1.807, 2.05) is 24.3 Å². The predicted octanol–water partition coefficient (Wildman–Crippen LogP) is 7.41. The molecule has 3 aromatic heterocycles. The molecule has 0 aliphatic carbocycles. The molecule has 9 aliphatic rings. The highest BCUT2D eigenvalue weighted by Gasteiger charge is 2.38. The Morgan fingerprint density at radius 2 is 0.965 bits per heavy atom. The Bertz CT molecular complexity index is 2300. The van der Waals surface area contributed by atoms with Crippen molar-refractivity contribution >= 4 is 32.7 Å². The van der Waals surface area contributed by atoms with Crippen LogP contribution in [0.25, 0.3) is 32.7 Å². The second-order valence-corrected chi connectivity index (χ2v) is 18.0. The molecular weight excluding hydrogens is 709 g/mol. The average molecular weight is 769 g/mol. The molecule has 57 heavy (non-hydrogen) atoms. The van der Waals surface area contributed by atoms with Crippen LogP contribution in [-0.2, 0) is 19.8 Å². The quantitative estimate of drug-likeness (QED) is 0.105. The Kier molecular flexibility index (Phi) is 10.5. The van der Waals surface area contributed by atoms with Crippen molar-refractivity contribution in [2.24, 2.45) is 17.8 Å². The number of hydrogen-bond donors (Lipinski definition) is 6. The maximum absolute atomic E-state index is 9.58. The van der Waals surface area contributed by atoms with Gasteiger partial charge in [0.25, 0.3) is 0 Å². The average Bonchev–Trinajstić information content (AvgIpc) is 4.05. The summed E-state index contributed by atoms with van der Waals surface area (Å²) in [6.45, 7) is 11.7. The van der Waals surface area contributed by atoms with Gasteiger partial charge in [-0.1, -0.05) is 30.3 Å². The van der Waals surface area contributed by atoms with Crippen LogP contribution in [0.1, 0.15) is 89.7 Å². The van der Waals surface area contributed by atoms with Crippen LogP contribution in [0.15, 0.2) is 73.2 Å². The van der Waals surface area contributed by atoms with Gasteiger partial charge in [0.05, 0.1) is 19.8 Å². The monoisotopic (exact) mass is 768 g/mol. The zero-order chi connectivity index (χ0) is 38.5. The second-order valence-electron chi connectivity index (χ2n) is 18.0. The zero-order valence-electron chi connectivity index (χ0n) is 33.3. The smallest absolute Gasteiger partial charge is 0.0688 e. The lowest BCUT2D eigenvalue weighted by Gasteiger charge is -2.45. The van der Waals surface area contributed by atoms with Crippen LogP contribution >= 0.6 is 0 Å². The molecule has 0 spiro atoms. The number of aliphatic hydroxyl groups is 3. The first kappa shape index (κ1) is 37.3. The predicted molar refractivity (Wildman–Crippen MR) is 228 cm³/mol. The number of aromatic amines is 3. The van der Waals surface area contributed by atoms with Gasteiger partial charge < -0.3 is 45.0 Å². The van der Waals surface area contributed by atoms with Crippen molar-refractivity contribution < 1.29 is 15.3 Å². The van der Waals surface area contributed by atoms with E-state index in [1.165, 1.54) is 136 Å². The molecule has 300 valence electrons. The largest absolute Gasteiger partial charge is 0.392 e. The molecule has 9 saturated heterocycles. The number of benzene rings is 3. The molecule has 3 aromatic carbocycles. The molecule has 9 nitrogen and oxygen atoms in total. The molecule has 6 bridgehead atoms. The molecule has 6 N–H and O–H groups in total. The number of hydrogen-bond acceptors (Lipinski definition) is 6. The van der Waals surface area contributed by atoms with E-state index in [-0.39, 0.29) is 19.8 Å². The number of aromatic nitrogens is 3. The minimum Gasteiger partial charge on any atom is -0.392 e. The summed E-state index contributed by atoms with van der Waals surface area (Å²) in [6.07, 6.45) is 14.6. The van der Waals surface area contributed by atoms with Gasteiger partial charge in [-0.2, -0.15) is 0 Å². The molecule has 6 aromatic rings. The summed E-state index contributed by atoms with van der Waals surface area (Å²) in [5.74, 6) is 4.55. The minimum atomic E-state index is 0.115. The van der Waals surface area contributed by atoms with Crippen molar-refractivity contribution in [1.29, 1.82) is 0 Å². The second kappa shape index (κ2) is 16.0. The van der Waals surface area contributed by atoms with E-state index in [4.69, 9.17) is 0 Å². The first-order valence-electron chi connectivity index (χ1n) is 21.8. The highest BCUT2D eigenvalue weighted by molar-refractivity contribution is 5.87. The standard InChI is InChI=1S/3C16H20N2O/c19-10-11-1-2-16-13(7-11)14(8-17-16)15-9-18-5-3-12(15)4-6-18;19-10-11-1-2-13-14(8-17-16(13)7-11)15-9-18-5-3-12(15)4-6-18;19-10-12-2-1-3-15-16(12)13(8-17-15)14-9-18-6-4-11(14)5-7-18/h2*1-2,7-8,12,15,17,19H,3-6,9-10H2;1-3,8,11,14,17,19H,4-7,9-10H2. The molecule has 3 atom stereocenters. The van der Waals surface area contributed by atoms with E-state index < -0.39 is 0 Å².